The molecule has 5 nitrogen and oxygen atoms in total. The van der Waals surface area contributed by atoms with E-state index in [1.807, 2.05) is 0 Å². The molecule has 0 atom stereocenters. The van der Waals surface area contributed by atoms with Gasteiger partial charge in [0.15, 0.2) is 0 Å². The molecule has 0 unspecified atom stereocenters. The summed E-state index contributed by atoms with van der Waals surface area (Å²) in [6.07, 6.45) is 1.66. The topological polar surface area (TPSA) is 79.4 Å². The van der Waals surface area contributed by atoms with Gasteiger partial charge < -0.3 is 14.8 Å². The number of rotatable bonds is 2. The molecule has 0 radical (unpaired) electrons. The highest BCUT2D eigenvalue weighted by Crippen LogP contribution is 2.23. The monoisotopic (exact) mass is 261 g/mol. The molecule has 5 heteroatoms. The Morgan fingerprint density at radius 1 is 1.26 bits per heavy atom. The Labute approximate surface area is 110 Å². The van der Waals surface area contributed by atoms with E-state index >= 15 is 0 Å². The zero-order chi connectivity index (χ0) is 14.2. The number of ether oxygens (including phenoxy) is 1. The number of aromatic carboxylic acids is 1. The van der Waals surface area contributed by atoms with Crippen LogP contribution in [-0.2, 0) is 4.74 Å². The molecule has 0 saturated heterocycles. The van der Waals surface area contributed by atoms with Crippen molar-refractivity contribution < 1.29 is 19.4 Å². The first-order valence-electron chi connectivity index (χ1n) is 5.86. The standard InChI is InChI=1S/C14H15NO4/c1-14(2,3)19-13(18)10-6-8(12(16)17)7-11-9(10)4-5-15-11/h4-7,15H,1-3H3,(H,16,17). The lowest BCUT2D eigenvalue weighted by Gasteiger charge is -2.19. The number of nitrogens with one attached hydrogen (secondary N) is 1. The zero-order valence-corrected chi connectivity index (χ0v) is 11.0. The number of fused-ring (bicyclic) bond motifs is 1. The highest BCUT2D eigenvalue weighted by Gasteiger charge is 2.21. The van der Waals surface area contributed by atoms with Crippen LogP contribution in [0.25, 0.3) is 10.9 Å². The number of carbonyl (C=O) groups is 2. The normalized spacial score (nSPS) is 11.5. The predicted octanol–water partition coefficient (Wildman–Crippen LogP) is 2.82. The number of hydrogen-bond acceptors (Lipinski definition) is 3. The average molecular weight is 261 g/mol. The van der Waals surface area contributed by atoms with Crippen molar-refractivity contribution in [2.75, 3.05) is 0 Å². The molecule has 0 spiro atoms. The number of esters is 1. The van der Waals surface area contributed by atoms with E-state index in [1.54, 1.807) is 33.0 Å². The Kier molecular flexibility index (Phi) is 3.06. The van der Waals surface area contributed by atoms with Crippen molar-refractivity contribution in [1.82, 2.24) is 4.98 Å². The minimum Gasteiger partial charge on any atom is -0.478 e. The fraction of sp³-hybridized carbons (Fsp3) is 0.286. The highest BCUT2D eigenvalue weighted by atomic mass is 16.6. The Morgan fingerprint density at radius 3 is 2.53 bits per heavy atom. The first kappa shape index (κ1) is 13.1. The summed E-state index contributed by atoms with van der Waals surface area (Å²) in [6, 6.07) is 4.55. The van der Waals surface area contributed by atoms with E-state index in [1.165, 1.54) is 12.1 Å². The number of benzene rings is 1. The van der Waals surface area contributed by atoms with Crippen LogP contribution in [0.1, 0.15) is 41.5 Å². The average Bonchev–Trinajstić information content (AvgIpc) is 2.72. The van der Waals surface area contributed by atoms with Gasteiger partial charge in [-0.15, -0.1) is 0 Å². The van der Waals surface area contributed by atoms with Crippen molar-refractivity contribution in [1.29, 1.82) is 0 Å². The molecule has 0 saturated carbocycles. The van der Waals surface area contributed by atoms with E-state index in [0.717, 1.165) is 0 Å². The molecule has 0 aliphatic carbocycles. The van der Waals surface area contributed by atoms with Crippen LogP contribution in [0.4, 0.5) is 0 Å². The smallest absolute Gasteiger partial charge is 0.339 e. The van der Waals surface area contributed by atoms with Crippen molar-refractivity contribution in [2.45, 2.75) is 26.4 Å². The van der Waals surface area contributed by atoms with E-state index in [9.17, 15) is 9.59 Å². The minimum absolute atomic E-state index is 0.0517. The molecule has 100 valence electrons. The predicted molar refractivity (Wildman–Crippen MR) is 70.4 cm³/mol. The molecule has 19 heavy (non-hydrogen) atoms. The number of carboxylic acid groups (broad SMARTS) is 1. The lowest BCUT2D eigenvalue weighted by atomic mass is 10.1. The third kappa shape index (κ3) is 2.76. The number of H-pyrrole nitrogens is 1. The first-order valence-corrected chi connectivity index (χ1v) is 5.86. The van der Waals surface area contributed by atoms with Crippen LogP contribution in [0.5, 0.6) is 0 Å². The van der Waals surface area contributed by atoms with Crippen LogP contribution in [0.3, 0.4) is 0 Å². The SMILES string of the molecule is CC(C)(C)OC(=O)c1cc(C(=O)O)cc2[nH]ccc12. The molecular formula is C14H15NO4. The van der Waals surface area contributed by atoms with Gasteiger partial charge >= 0.3 is 11.9 Å². The van der Waals surface area contributed by atoms with Crippen molar-refractivity contribution in [3.05, 3.63) is 35.5 Å². The molecule has 0 aliphatic heterocycles. The van der Waals surface area contributed by atoms with Crippen LogP contribution in [0.2, 0.25) is 0 Å². The number of aromatic amines is 1. The van der Waals surface area contributed by atoms with E-state index in [4.69, 9.17) is 9.84 Å². The largest absolute Gasteiger partial charge is 0.478 e. The molecule has 0 bridgehead atoms. The number of aromatic nitrogens is 1. The van der Waals surface area contributed by atoms with Gasteiger partial charge in [0.1, 0.15) is 5.60 Å². The van der Waals surface area contributed by atoms with Gasteiger partial charge in [-0.25, -0.2) is 9.59 Å². The summed E-state index contributed by atoms with van der Waals surface area (Å²) in [5.41, 5.74) is 0.279. The van der Waals surface area contributed by atoms with Crippen LogP contribution >= 0.6 is 0 Å². The maximum atomic E-state index is 12.1. The van der Waals surface area contributed by atoms with Gasteiger partial charge in [-0.1, -0.05) is 0 Å². The molecule has 0 amide bonds. The van der Waals surface area contributed by atoms with E-state index in [-0.39, 0.29) is 11.1 Å². The van der Waals surface area contributed by atoms with Crippen molar-refractivity contribution in [3.63, 3.8) is 0 Å². The Morgan fingerprint density at radius 2 is 1.95 bits per heavy atom. The van der Waals surface area contributed by atoms with Crippen LogP contribution in [0, 0.1) is 0 Å². The summed E-state index contributed by atoms with van der Waals surface area (Å²) in [5, 5.41) is 9.71. The van der Waals surface area contributed by atoms with Gasteiger partial charge in [-0.05, 0) is 39.0 Å². The molecular weight excluding hydrogens is 246 g/mol. The maximum Gasteiger partial charge on any atom is 0.339 e. The number of carboxylic acids is 1. The fourth-order valence-electron chi connectivity index (χ4n) is 1.79. The highest BCUT2D eigenvalue weighted by molar-refractivity contribution is 6.07. The van der Waals surface area contributed by atoms with Gasteiger partial charge in [-0.3, -0.25) is 0 Å². The Bertz CT molecular complexity index is 649. The summed E-state index contributed by atoms with van der Waals surface area (Å²) < 4.78 is 5.29. The van der Waals surface area contributed by atoms with E-state index < -0.39 is 17.5 Å². The second-order valence-electron chi connectivity index (χ2n) is 5.27. The zero-order valence-electron chi connectivity index (χ0n) is 11.0. The van der Waals surface area contributed by atoms with E-state index in [2.05, 4.69) is 4.98 Å². The van der Waals surface area contributed by atoms with Gasteiger partial charge in [0.25, 0.3) is 0 Å². The molecule has 2 aromatic rings. The van der Waals surface area contributed by atoms with Crippen molar-refractivity contribution in [3.8, 4) is 0 Å². The lowest BCUT2D eigenvalue weighted by Crippen LogP contribution is -2.24. The first-order chi connectivity index (χ1) is 8.78. The van der Waals surface area contributed by atoms with E-state index in [0.29, 0.717) is 10.9 Å². The summed E-state index contributed by atoms with van der Waals surface area (Å²) >= 11 is 0. The fourth-order valence-corrected chi connectivity index (χ4v) is 1.79. The van der Waals surface area contributed by atoms with Crippen LogP contribution in [-0.4, -0.2) is 27.6 Å². The summed E-state index contributed by atoms with van der Waals surface area (Å²) in [6.45, 7) is 5.29. The second kappa shape index (κ2) is 4.42. The molecule has 2 rings (SSSR count). The van der Waals surface area contributed by atoms with Crippen LogP contribution < -0.4 is 0 Å². The molecule has 0 fully saturated rings. The number of hydrogen-bond donors (Lipinski definition) is 2. The van der Waals surface area contributed by atoms with Crippen molar-refractivity contribution >= 4 is 22.8 Å². The number of carbonyl (C=O) groups excluding carboxylic acids is 1. The minimum atomic E-state index is -1.08. The molecule has 1 aromatic carbocycles. The summed E-state index contributed by atoms with van der Waals surface area (Å²) in [5.74, 6) is -1.61. The summed E-state index contributed by atoms with van der Waals surface area (Å²) in [7, 11) is 0. The molecule has 0 aliphatic rings. The molecule has 1 aromatic heterocycles. The third-order valence-electron chi connectivity index (χ3n) is 2.53. The lowest BCUT2D eigenvalue weighted by molar-refractivity contribution is 0.00718. The van der Waals surface area contributed by atoms with Gasteiger partial charge in [0.2, 0.25) is 0 Å². The Balaban J connectivity index is 2.54. The summed E-state index contributed by atoms with van der Waals surface area (Å²) in [4.78, 5) is 26.1. The van der Waals surface area contributed by atoms with Gasteiger partial charge in [-0.2, -0.15) is 0 Å². The molecule has 1 heterocycles. The maximum absolute atomic E-state index is 12.1. The second-order valence-corrected chi connectivity index (χ2v) is 5.27. The quantitative estimate of drug-likeness (QED) is 0.815. The van der Waals surface area contributed by atoms with Crippen LogP contribution in [0.15, 0.2) is 24.4 Å². The Hall–Kier alpha value is -2.30. The molecule has 2 N–H and O–H groups in total. The van der Waals surface area contributed by atoms with Crippen molar-refractivity contribution in [2.24, 2.45) is 0 Å². The third-order valence-corrected chi connectivity index (χ3v) is 2.53. The van der Waals surface area contributed by atoms with Gasteiger partial charge in [0, 0.05) is 17.1 Å². The van der Waals surface area contributed by atoms with Gasteiger partial charge in [0.05, 0.1) is 11.1 Å².